The molecule has 1 heterocycles. The second-order valence-electron chi connectivity index (χ2n) is 2.55. The first-order valence-electron chi connectivity index (χ1n) is 3.79. The number of nitrogens with two attached hydrogens (primary N) is 1. The predicted octanol–water partition coefficient (Wildman–Crippen LogP) is -1.68. The molecule has 0 radical (unpaired) electrons. The number of primary amides is 1. The van der Waals surface area contributed by atoms with E-state index in [-0.39, 0.29) is 0 Å². The van der Waals surface area contributed by atoms with Gasteiger partial charge in [-0.05, 0) is 0 Å². The number of nitrogens with zero attached hydrogens (tertiary/aromatic N) is 2. The van der Waals surface area contributed by atoms with Crippen molar-refractivity contribution in [3.05, 3.63) is 0 Å². The number of rotatable bonds is 2. The summed E-state index contributed by atoms with van der Waals surface area (Å²) in [6.07, 6.45) is 0. The lowest BCUT2D eigenvalue weighted by Gasteiger charge is -2.32. The van der Waals surface area contributed by atoms with Gasteiger partial charge in [0.15, 0.2) is 0 Å². The molecule has 76 valence electrons. The Labute approximate surface area is 78.2 Å². The normalized spacial score (nSPS) is 21.0. The zero-order valence-corrected chi connectivity index (χ0v) is 7.79. The van der Waals surface area contributed by atoms with Crippen LogP contribution in [0.5, 0.6) is 0 Å². The molecule has 13 heavy (non-hydrogen) atoms. The monoisotopic (exact) mass is 208 g/mol. The number of hydrogen-bond acceptors (Lipinski definition) is 4. The molecule has 1 aliphatic rings. The first-order chi connectivity index (χ1) is 6.13. The van der Waals surface area contributed by atoms with Crippen LogP contribution in [0.15, 0.2) is 0 Å². The Morgan fingerprint density at radius 2 is 2.08 bits per heavy atom. The highest BCUT2D eigenvalue weighted by Crippen LogP contribution is 2.02. The molecular formula is C5H12N4O3S. The lowest BCUT2D eigenvalue weighted by atomic mass is 10.4. The van der Waals surface area contributed by atoms with Gasteiger partial charge in [0.05, 0.1) is 0 Å². The zero-order chi connectivity index (χ0) is 9.84. The maximum absolute atomic E-state index is 10.8. The number of carbonyl (C=O) groups excluding carboxylic acids is 1. The molecule has 0 aromatic heterocycles. The molecular weight excluding hydrogens is 196 g/mol. The standard InChI is InChI=1S/C5H12N4O3S/c6-5(10)9(13(11)12)8-3-1-7-2-4-8/h7H,1-4H2,(H2,6,10)(H,11,12). The topological polar surface area (TPSA) is 98.9 Å². The van der Waals surface area contributed by atoms with Crippen LogP contribution in [0.2, 0.25) is 0 Å². The van der Waals surface area contributed by atoms with Crippen LogP contribution in [0.4, 0.5) is 4.79 Å². The van der Waals surface area contributed by atoms with E-state index in [1.807, 2.05) is 0 Å². The van der Waals surface area contributed by atoms with E-state index in [2.05, 4.69) is 5.32 Å². The van der Waals surface area contributed by atoms with Gasteiger partial charge in [-0.3, -0.25) is 4.55 Å². The third-order valence-corrected chi connectivity index (χ3v) is 2.39. The summed E-state index contributed by atoms with van der Waals surface area (Å²) in [5.41, 5.74) is 4.94. The molecule has 1 fully saturated rings. The Hall–Kier alpha value is -0.700. The molecule has 1 rings (SSSR count). The molecule has 7 nitrogen and oxygen atoms in total. The summed E-state index contributed by atoms with van der Waals surface area (Å²) in [5, 5.41) is 4.50. The van der Waals surface area contributed by atoms with Gasteiger partial charge < -0.3 is 11.1 Å². The first kappa shape index (κ1) is 10.4. The smallest absolute Gasteiger partial charge is 0.343 e. The average Bonchev–Trinajstić information content (AvgIpc) is 2.04. The number of hydrazine groups is 1. The number of urea groups is 1. The summed E-state index contributed by atoms with van der Waals surface area (Å²) in [5.74, 6) is 0. The van der Waals surface area contributed by atoms with Crippen molar-refractivity contribution in [1.29, 1.82) is 0 Å². The van der Waals surface area contributed by atoms with E-state index in [0.29, 0.717) is 30.6 Å². The lowest BCUT2D eigenvalue weighted by molar-refractivity contribution is 0.0748. The van der Waals surface area contributed by atoms with E-state index in [1.54, 1.807) is 0 Å². The van der Waals surface area contributed by atoms with Crippen molar-refractivity contribution >= 4 is 17.3 Å². The van der Waals surface area contributed by atoms with Crippen molar-refractivity contribution in [3.63, 3.8) is 0 Å². The zero-order valence-electron chi connectivity index (χ0n) is 6.97. The van der Waals surface area contributed by atoms with Crippen LogP contribution in [0, 0.1) is 0 Å². The minimum Gasteiger partial charge on any atom is -0.349 e. The van der Waals surface area contributed by atoms with Gasteiger partial charge in [-0.1, -0.05) is 0 Å². The fraction of sp³-hybridized carbons (Fsp3) is 0.800. The van der Waals surface area contributed by atoms with Crippen LogP contribution in [0.3, 0.4) is 0 Å². The molecule has 4 N–H and O–H groups in total. The minimum atomic E-state index is -2.37. The Kier molecular flexibility index (Phi) is 3.60. The molecule has 1 unspecified atom stereocenters. The van der Waals surface area contributed by atoms with E-state index in [9.17, 15) is 9.00 Å². The third-order valence-electron chi connectivity index (χ3n) is 1.69. The largest absolute Gasteiger partial charge is 0.349 e. The number of carbonyl (C=O) groups is 1. The average molecular weight is 208 g/mol. The molecule has 2 amide bonds. The first-order valence-corrected chi connectivity index (χ1v) is 4.85. The fourth-order valence-corrected chi connectivity index (χ4v) is 1.66. The van der Waals surface area contributed by atoms with Crippen LogP contribution in [0.25, 0.3) is 0 Å². The molecule has 8 heteroatoms. The van der Waals surface area contributed by atoms with Gasteiger partial charge in [-0.25, -0.2) is 14.0 Å². The Bertz CT molecular complexity index is 204. The van der Waals surface area contributed by atoms with Crippen LogP contribution in [-0.2, 0) is 11.3 Å². The molecule has 0 saturated carbocycles. The Balaban J connectivity index is 2.62. The SMILES string of the molecule is NC(=O)N(N1CCNCC1)S(=O)O. The maximum Gasteiger partial charge on any atom is 0.343 e. The molecule has 1 saturated heterocycles. The van der Waals surface area contributed by atoms with Gasteiger partial charge in [0.1, 0.15) is 0 Å². The molecule has 1 aliphatic heterocycles. The van der Waals surface area contributed by atoms with Gasteiger partial charge in [-0.15, -0.1) is 4.41 Å². The third kappa shape index (κ3) is 2.62. The number of hydrogen-bond donors (Lipinski definition) is 3. The Morgan fingerprint density at radius 3 is 2.46 bits per heavy atom. The number of amides is 2. The second kappa shape index (κ2) is 4.51. The van der Waals surface area contributed by atoms with E-state index in [4.69, 9.17) is 10.3 Å². The number of piperazine rings is 1. The van der Waals surface area contributed by atoms with Crippen molar-refractivity contribution in [2.75, 3.05) is 26.2 Å². The van der Waals surface area contributed by atoms with E-state index in [0.717, 1.165) is 0 Å². The molecule has 0 spiro atoms. The number of nitrogens with one attached hydrogen (secondary N) is 1. The van der Waals surface area contributed by atoms with Crippen LogP contribution in [0.1, 0.15) is 0 Å². The van der Waals surface area contributed by atoms with Gasteiger partial charge in [0.2, 0.25) is 0 Å². The van der Waals surface area contributed by atoms with Crippen molar-refractivity contribution < 1.29 is 13.6 Å². The molecule has 0 aromatic carbocycles. The summed E-state index contributed by atoms with van der Waals surface area (Å²) >= 11 is -2.37. The van der Waals surface area contributed by atoms with Crippen molar-refractivity contribution in [3.8, 4) is 0 Å². The fourth-order valence-electron chi connectivity index (χ4n) is 1.15. The van der Waals surface area contributed by atoms with Crippen molar-refractivity contribution in [2.24, 2.45) is 5.73 Å². The van der Waals surface area contributed by atoms with Gasteiger partial charge in [-0.2, -0.15) is 0 Å². The van der Waals surface area contributed by atoms with E-state index in [1.165, 1.54) is 5.01 Å². The summed E-state index contributed by atoms with van der Waals surface area (Å²) < 4.78 is 20.1. The maximum atomic E-state index is 10.8. The van der Waals surface area contributed by atoms with Crippen molar-refractivity contribution in [2.45, 2.75) is 0 Å². The summed E-state index contributed by atoms with van der Waals surface area (Å²) in [6, 6.07) is -0.914. The highest BCUT2D eigenvalue weighted by molar-refractivity contribution is 7.77. The predicted molar refractivity (Wildman–Crippen MR) is 46.6 cm³/mol. The molecule has 0 aliphatic carbocycles. The van der Waals surface area contributed by atoms with Crippen LogP contribution in [-0.4, -0.2) is 50.4 Å². The van der Waals surface area contributed by atoms with E-state index >= 15 is 0 Å². The summed E-state index contributed by atoms with van der Waals surface area (Å²) in [7, 11) is 0. The summed E-state index contributed by atoms with van der Waals surface area (Å²) in [6.45, 7) is 2.33. The summed E-state index contributed by atoms with van der Waals surface area (Å²) in [4.78, 5) is 10.8. The highest BCUT2D eigenvalue weighted by Gasteiger charge is 2.25. The molecule has 0 bridgehead atoms. The van der Waals surface area contributed by atoms with Gasteiger partial charge >= 0.3 is 6.03 Å². The lowest BCUT2D eigenvalue weighted by Crippen LogP contribution is -2.56. The quantitative estimate of drug-likeness (QED) is 0.471. The highest BCUT2D eigenvalue weighted by atomic mass is 32.2. The van der Waals surface area contributed by atoms with Gasteiger partial charge in [0.25, 0.3) is 11.3 Å². The Morgan fingerprint density at radius 1 is 1.54 bits per heavy atom. The van der Waals surface area contributed by atoms with E-state index < -0.39 is 17.3 Å². The van der Waals surface area contributed by atoms with Gasteiger partial charge in [0, 0.05) is 26.2 Å². The second-order valence-corrected chi connectivity index (χ2v) is 3.35. The van der Waals surface area contributed by atoms with Crippen LogP contribution >= 0.6 is 0 Å². The molecule has 1 atom stereocenters. The van der Waals surface area contributed by atoms with Crippen molar-refractivity contribution in [1.82, 2.24) is 14.7 Å². The molecule has 0 aromatic rings. The minimum absolute atomic E-state index is 0.495. The van der Waals surface area contributed by atoms with Crippen LogP contribution < -0.4 is 11.1 Å².